The van der Waals surface area contributed by atoms with Crippen molar-refractivity contribution in [1.82, 2.24) is 5.32 Å². The highest BCUT2D eigenvalue weighted by atomic mass is 35.5. The fourth-order valence-electron chi connectivity index (χ4n) is 2.06. The summed E-state index contributed by atoms with van der Waals surface area (Å²) < 4.78 is 12.8. The third-order valence-corrected chi connectivity index (χ3v) is 4.84. The third kappa shape index (κ3) is 7.07. The first-order valence-electron chi connectivity index (χ1n) is 7.66. The van der Waals surface area contributed by atoms with E-state index in [0.29, 0.717) is 18.2 Å². The van der Waals surface area contributed by atoms with Crippen molar-refractivity contribution in [2.24, 2.45) is 11.7 Å². The number of hydrogen-bond donors (Lipinski definition) is 3. The van der Waals surface area contributed by atoms with Crippen molar-refractivity contribution < 1.29 is 14.0 Å². The Labute approximate surface area is 151 Å². The molecule has 1 fully saturated rings. The van der Waals surface area contributed by atoms with Crippen LogP contribution < -0.4 is 16.4 Å². The monoisotopic (exact) mass is 375 g/mol. The molecule has 1 aromatic rings. The van der Waals surface area contributed by atoms with Gasteiger partial charge in [-0.3, -0.25) is 9.59 Å². The maximum absolute atomic E-state index is 12.8. The second-order valence-electron chi connectivity index (χ2n) is 5.75. The first-order valence-corrected chi connectivity index (χ1v) is 8.71. The summed E-state index contributed by atoms with van der Waals surface area (Å²) >= 11 is 1.25. The second-order valence-corrected chi connectivity index (χ2v) is 7.08. The van der Waals surface area contributed by atoms with Crippen LogP contribution in [0.1, 0.15) is 19.8 Å². The summed E-state index contributed by atoms with van der Waals surface area (Å²) in [5.41, 5.74) is 6.47. The minimum atomic E-state index is -0.355. The number of anilines is 1. The maximum atomic E-state index is 12.8. The van der Waals surface area contributed by atoms with E-state index in [1.165, 1.54) is 36.0 Å². The molecule has 0 spiro atoms. The molecule has 134 valence electrons. The number of hydrogen-bond acceptors (Lipinski definition) is 4. The molecular formula is C16H23ClFN3O2S. The van der Waals surface area contributed by atoms with E-state index in [2.05, 4.69) is 10.6 Å². The van der Waals surface area contributed by atoms with Crippen LogP contribution in [0.4, 0.5) is 10.1 Å². The van der Waals surface area contributed by atoms with E-state index in [4.69, 9.17) is 5.73 Å². The van der Waals surface area contributed by atoms with E-state index in [1.54, 1.807) is 6.92 Å². The molecule has 0 aromatic heterocycles. The van der Waals surface area contributed by atoms with Crippen molar-refractivity contribution in [1.29, 1.82) is 0 Å². The van der Waals surface area contributed by atoms with Gasteiger partial charge in [0.2, 0.25) is 11.8 Å². The van der Waals surface area contributed by atoms with Crippen molar-refractivity contribution in [2.75, 3.05) is 17.6 Å². The van der Waals surface area contributed by atoms with Crippen LogP contribution in [0.2, 0.25) is 0 Å². The van der Waals surface area contributed by atoms with Crippen LogP contribution in [0.5, 0.6) is 0 Å². The fourth-order valence-corrected chi connectivity index (χ4v) is 2.77. The number of carbonyl (C=O) groups excluding carboxylic acids is 2. The number of amides is 2. The number of carbonyl (C=O) groups is 2. The van der Waals surface area contributed by atoms with E-state index in [-0.39, 0.29) is 47.1 Å². The molecule has 0 aliphatic heterocycles. The summed E-state index contributed by atoms with van der Waals surface area (Å²) in [7, 11) is 0. The molecule has 4 N–H and O–H groups in total. The Morgan fingerprint density at radius 2 is 1.96 bits per heavy atom. The second kappa shape index (κ2) is 9.86. The van der Waals surface area contributed by atoms with Crippen LogP contribution in [-0.4, -0.2) is 35.4 Å². The average molecular weight is 376 g/mol. The Kier molecular flexibility index (Phi) is 8.52. The van der Waals surface area contributed by atoms with Gasteiger partial charge in [-0.1, -0.05) is 0 Å². The molecule has 2 rings (SSSR count). The minimum absolute atomic E-state index is 0. The SMILES string of the molecule is CC(SCC(=O)Nc1ccc(F)cc1)C(=O)NCC(N)C1CC1.Cl. The predicted octanol–water partition coefficient (Wildman–Crippen LogP) is 2.16. The molecule has 1 aromatic carbocycles. The summed E-state index contributed by atoms with van der Waals surface area (Å²) in [5, 5.41) is 5.15. The molecule has 0 radical (unpaired) electrons. The number of halogens is 2. The number of nitrogens with two attached hydrogens (primary N) is 1. The van der Waals surface area contributed by atoms with Gasteiger partial charge in [0.05, 0.1) is 11.0 Å². The van der Waals surface area contributed by atoms with E-state index in [0.717, 1.165) is 12.8 Å². The lowest BCUT2D eigenvalue weighted by molar-refractivity contribution is -0.120. The van der Waals surface area contributed by atoms with E-state index in [1.807, 2.05) is 0 Å². The molecule has 2 unspecified atom stereocenters. The molecule has 1 saturated carbocycles. The van der Waals surface area contributed by atoms with Crippen molar-refractivity contribution in [3.63, 3.8) is 0 Å². The van der Waals surface area contributed by atoms with Crippen LogP contribution in [0.15, 0.2) is 24.3 Å². The molecular weight excluding hydrogens is 353 g/mol. The predicted molar refractivity (Wildman–Crippen MR) is 97.9 cm³/mol. The summed E-state index contributed by atoms with van der Waals surface area (Å²) in [6, 6.07) is 5.57. The Bertz CT molecular complexity index is 555. The van der Waals surface area contributed by atoms with Gasteiger partial charge in [-0.15, -0.1) is 24.2 Å². The van der Waals surface area contributed by atoms with Crippen LogP contribution in [0.3, 0.4) is 0 Å². The Hall–Kier alpha value is -1.31. The molecule has 1 aliphatic rings. The van der Waals surface area contributed by atoms with Gasteiger partial charge < -0.3 is 16.4 Å². The topological polar surface area (TPSA) is 84.2 Å². The molecule has 5 nitrogen and oxygen atoms in total. The van der Waals surface area contributed by atoms with Crippen LogP contribution >= 0.6 is 24.2 Å². The molecule has 0 bridgehead atoms. The molecule has 2 atom stereocenters. The molecule has 24 heavy (non-hydrogen) atoms. The zero-order valence-corrected chi connectivity index (χ0v) is 15.1. The first kappa shape index (κ1) is 20.7. The van der Waals surface area contributed by atoms with Crippen molar-refractivity contribution in [3.05, 3.63) is 30.1 Å². The van der Waals surface area contributed by atoms with Gasteiger partial charge in [0.15, 0.2) is 0 Å². The van der Waals surface area contributed by atoms with Crippen LogP contribution in [-0.2, 0) is 9.59 Å². The zero-order chi connectivity index (χ0) is 16.8. The molecule has 0 saturated heterocycles. The largest absolute Gasteiger partial charge is 0.354 e. The average Bonchev–Trinajstić information content (AvgIpc) is 3.37. The van der Waals surface area contributed by atoms with Gasteiger partial charge >= 0.3 is 0 Å². The van der Waals surface area contributed by atoms with Crippen molar-refractivity contribution in [2.45, 2.75) is 31.1 Å². The lowest BCUT2D eigenvalue weighted by atomic mass is 10.2. The van der Waals surface area contributed by atoms with E-state index in [9.17, 15) is 14.0 Å². The number of thioether (sulfide) groups is 1. The molecule has 2 amide bonds. The van der Waals surface area contributed by atoms with Crippen LogP contribution in [0, 0.1) is 11.7 Å². The minimum Gasteiger partial charge on any atom is -0.354 e. The van der Waals surface area contributed by atoms with Gasteiger partial charge in [-0.05, 0) is 49.9 Å². The summed E-state index contributed by atoms with van der Waals surface area (Å²) in [5.74, 6) is 0.00382. The maximum Gasteiger partial charge on any atom is 0.234 e. The Balaban J connectivity index is 0.00000288. The van der Waals surface area contributed by atoms with Gasteiger partial charge in [0.1, 0.15) is 5.82 Å². The normalized spacial score (nSPS) is 15.8. The van der Waals surface area contributed by atoms with Gasteiger partial charge in [0, 0.05) is 18.3 Å². The number of benzene rings is 1. The highest BCUT2D eigenvalue weighted by molar-refractivity contribution is 8.01. The number of rotatable bonds is 8. The van der Waals surface area contributed by atoms with Gasteiger partial charge in [0.25, 0.3) is 0 Å². The molecule has 1 aliphatic carbocycles. The smallest absolute Gasteiger partial charge is 0.234 e. The molecule has 0 heterocycles. The number of nitrogens with one attached hydrogen (secondary N) is 2. The molecule has 8 heteroatoms. The highest BCUT2D eigenvalue weighted by Crippen LogP contribution is 2.31. The van der Waals surface area contributed by atoms with Crippen LogP contribution in [0.25, 0.3) is 0 Å². The third-order valence-electron chi connectivity index (χ3n) is 3.70. The summed E-state index contributed by atoms with van der Waals surface area (Å²) in [6.07, 6.45) is 2.29. The van der Waals surface area contributed by atoms with Crippen molar-refractivity contribution >= 4 is 41.7 Å². The highest BCUT2D eigenvalue weighted by Gasteiger charge is 2.28. The lowest BCUT2D eigenvalue weighted by Crippen LogP contribution is -2.41. The Morgan fingerprint density at radius 3 is 2.54 bits per heavy atom. The van der Waals surface area contributed by atoms with Gasteiger partial charge in [-0.25, -0.2) is 4.39 Å². The van der Waals surface area contributed by atoms with E-state index < -0.39 is 0 Å². The van der Waals surface area contributed by atoms with Crippen molar-refractivity contribution in [3.8, 4) is 0 Å². The zero-order valence-electron chi connectivity index (χ0n) is 13.5. The van der Waals surface area contributed by atoms with Gasteiger partial charge in [-0.2, -0.15) is 0 Å². The summed E-state index contributed by atoms with van der Waals surface area (Å²) in [6.45, 7) is 2.24. The van der Waals surface area contributed by atoms with E-state index >= 15 is 0 Å². The fraction of sp³-hybridized carbons (Fsp3) is 0.500. The lowest BCUT2D eigenvalue weighted by Gasteiger charge is -2.15. The standard InChI is InChI=1S/C16H22FN3O2S.ClH/c1-10(16(22)19-8-14(18)11-2-3-11)23-9-15(21)20-13-6-4-12(17)5-7-13;/h4-7,10-11,14H,2-3,8-9,18H2,1H3,(H,19,22)(H,20,21);1H. The Morgan fingerprint density at radius 1 is 1.33 bits per heavy atom. The quantitative estimate of drug-likeness (QED) is 0.650. The first-order chi connectivity index (χ1) is 11.0. The summed E-state index contributed by atoms with van der Waals surface area (Å²) in [4.78, 5) is 23.7.